The standard InChI is InChI=1S/C57H35N5S/c1-5-16-36(17-6-1)55-58-56(37-18-7-2-8-19-37)60-57(59-55)44-25-15-27-51-52(44)46-35-39(29-33-50(46)63-51)38-28-31-48-45(34-38)42-30-32-49-53(54(42)62(48)41-22-11-4-12-23-41)43-24-13-14-26-47(43)61(49)40-20-9-3-10-21-40/h1-35H. The second kappa shape index (κ2) is 14.2. The summed E-state index contributed by atoms with van der Waals surface area (Å²) < 4.78 is 7.28. The van der Waals surface area contributed by atoms with Gasteiger partial charge in [-0.15, -0.1) is 11.3 Å². The molecule has 13 rings (SSSR count). The molecule has 0 unspecified atom stereocenters. The van der Waals surface area contributed by atoms with Gasteiger partial charge in [0.1, 0.15) is 0 Å². The molecule has 4 aromatic heterocycles. The van der Waals surface area contributed by atoms with Crippen LogP contribution in [0.4, 0.5) is 0 Å². The third-order valence-corrected chi connectivity index (χ3v) is 13.5. The minimum atomic E-state index is 0.654. The van der Waals surface area contributed by atoms with Gasteiger partial charge < -0.3 is 9.13 Å². The van der Waals surface area contributed by atoms with Gasteiger partial charge in [0, 0.05) is 69.8 Å². The number of thiophene rings is 1. The highest BCUT2D eigenvalue weighted by molar-refractivity contribution is 7.26. The van der Waals surface area contributed by atoms with Gasteiger partial charge in [-0.05, 0) is 77.9 Å². The van der Waals surface area contributed by atoms with Gasteiger partial charge in [0.25, 0.3) is 0 Å². The van der Waals surface area contributed by atoms with Crippen LogP contribution in [0.1, 0.15) is 0 Å². The third-order valence-electron chi connectivity index (χ3n) is 12.4. The average molecular weight is 822 g/mol. The van der Waals surface area contributed by atoms with Gasteiger partial charge in [-0.3, -0.25) is 0 Å². The second-order valence-corrected chi connectivity index (χ2v) is 17.1. The van der Waals surface area contributed by atoms with E-state index in [9.17, 15) is 0 Å². The molecule has 294 valence electrons. The van der Waals surface area contributed by atoms with Crippen molar-refractivity contribution < 1.29 is 0 Å². The maximum atomic E-state index is 5.14. The maximum Gasteiger partial charge on any atom is 0.164 e. The van der Waals surface area contributed by atoms with Crippen molar-refractivity contribution >= 4 is 75.1 Å². The molecule has 0 radical (unpaired) electrons. The first-order chi connectivity index (χ1) is 31.2. The van der Waals surface area contributed by atoms with Crippen LogP contribution in [0.5, 0.6) is 0 Å². The molecule has 0 saturated heterocycles. The van der Waals surface area contributed by atoms with E-state index in [1.165, 1.54) is 58.4 Å². The molecular formula is C57H35N5S. The van der Waals surface area contributed by atoms with Gasteiger partial charge in [0.2, 0.25) is 0 Å². The van der Waals surface area contributed by atoms with E-state index in [-0.39, 0.29) is 0 Å². The molecule has 0 N–H and O–H groups in total. The Hall–Kier alpha value is -8.19. The molecule has 0 bridgehead atoms. The second-order valence-electron chi connectivity index (χ2n) is 16.0. The van der Waals surface area contributed by atoms with Crippen LogP contribution in [-0.2, 0) is 0 Å². The summed E-state index contributed by atoms with van der Waals surface area (Å²) in [6, 6.07) is 75.6. The number of benzene rings is 9. The van der Waals surface area contributed by atoms with Crippen molar-refractivity contribution in [2.75, 3.05) is 0 Å². The Bertz CT molecular complexity index is 3830. The van der Waals surface area contributed by atoms with Crippen LogP contribution in [0.15, 0.2) is 212 Å². The molecule has 0 saturated carbocycles. The number of nitrogens with zero attached hydrogens (tertiary/aromatic N) is 5. The highest BCUT2D eigenvalue weighted by Crippen LogP contribution is 2.45. The summed E-state index contributed by atoms with van der Waals surface area (Å²) in [4.78, 5) is 15.3. The lowest BCUT2D eigenvalue weighted by Crippen LogP contribution is -2.00. The number of aromatic nitrogens is 5. The fraction of sp³-hybridized carbons (Fsp3) is 0. The highest BCUT2D eigenvalue weighted by Gasteiger charge is 2.22. The van der Waals surface area contributed by atoms with Crippen molar-refractivity contribution in [3.63, 3.8) is 0 Å². The molecule has 4 heterocycles. The van der Waals surface area contributed by atoms with E-state index in [1.807, 2.05) is 36.4 Å². The lowest BCUT2D eigenvalue weighted by atomic mass is 9.99. The summed E-state index contributed by atoms with van der Waals surface area (Å²) in [5, 5.41) is 7.26. The van der Waals surface area contributed by atoms with Gasteiger partial charge >= 0.3 is 0 Å². The number of fused-ring (bicyclic) bond motifs is 10. The van der Waals surface area contributed by atoms with Crippen molar-refractivity contribution in [3.8, 4) is 56.7 Å². The molecule has 0 atom stereocenters. The Kier molecular flexibility index (Phi) is 8.01. The van der Waals surface area contributed by atoms with Gasteiger partial charge in [-0.2, -0.15) is 0 Å². The SMILES string of the molecule is c1ccc(-c2nc(-c3ccccc3)nc(-c3cccc4sc5ccc(-c6ccc7c(c6)c6ccc8c(c9ccccc9n8-c8ccccc8)c6n7-c6ccccc6)cc5c34)n2)cc1. The van der Waals surface area contributed by atoms with Crippen LogP contribution in [0.2, 0.25) is 0 Å². The van der Waals surface area contributed by atoms with E-state index in [4.69, 9.17) is 15.0 Å². The molecule has 0 fully saturated rings. The van der Waals surface area contributed by atoms with Gasteiger partial charge in [0.05, 0.1) is 22.1 Å². The summed E-state index contributed by atoms with van der Waals surface area (Å²) in [5.41, 5.74) is 12.3. The van der Waals surface area contributed by atoms with E-state index >= 15 is 0 Å². The number of rotatable bonds is 6. The number of para-hydroxylation sites is 3. The molecular weight excluding hydrogens is 787 g/mol. The summed E-state index contributed by atoms with van der Waals surface area (Å²) in [6.45, 7) is 0. The van der Waals surface area contributed by atoms with Crippen LogP contribution in [0.25, 0.3) is 120 Å². The van der Waals surface area contributed by atoms with Crippen molar-refractivity contribution in [2.45, 2.75) is 0 Å². The average Bonchev–Trinajstić information content (AvgIpc) is 4.02. The zero-order valence-electron chi connectivity index (χ0n) is 33.9. The molecule has 6 heteroatoms. The van der Waals surface area contributed by atoms with Crippen molar-refractivity contribution in [1.82, 2.24) is 24.1 Å². The lowest BCUT2D eigenvalue weighted by Gasteiger charge is -2.10. The van der Waals surface area contributed by atoms with Crippen LogP contribution < -0.4 is 0 Å². The molecule has 13 aromatic rings. The summed E-state index contributed by atoms with van der Waals surface area (Å²) in [7, 11) is 0. The monoisotopic (exact) mass is 821 g/mol. The molecule has 63 heavy (non-hydrogen) atoms. The topological polar surface area (TPSA) is 48.5 Å². The van der Waals surface area contributed by atoms with E-state index in [2.05, 4.69) is 185 Å². The predicted molar refractivity (Wildman–Crippen MR) is 263 cm³/mol. The Balaban J connectivity index is 1.03. The van der Waals surface area contributed by atoms with Crippen LogP contribution in [0, 0.1) is 0 Å². The van der Waals surface area contributed by atoms with Gasteiger partial charge in [-0.1, -0.05) is 146 Å². The third kappa shape index (κ3) is 5.66. The maximum absolute atomic E-state index is 5.14. The van der Waals surface area contributed by atoms with Crippen LogP contribution in [0.3, 0.4) is 0 Å². The predicted octanol–water partition coefficient (Wildman–Crippen LogP) is 15.1. The Morgan fingerprint density at radius 1 is 0.317 bits per heavy atom. The Labute approximate surface area is 366 Å². The van der Waals surface area contributed by atoms with E-state index in [0.29, 0.717) is 17.5 Å². The quantitative estimate of drug-likeness (QED) is 0.168. The Morgan fingerprint density at radius 2 is 0.873 bits per heavy atom. The summed E-state index contributed by atoms with van der Waals surface area (Å²) in [6.07, 6.45) is 0. The number of hydrogen-bond acceptors (Lipinski definition) is 4. The largest absolute Gasteiger partial charge is 0.309 e. The van der Waals surface area contributed by atoms with E-state index in [1.54, 1.807) is 11.3 Å². The normalized spacial score (nSPS) is 11.8. The first-order valence-electron chi connectivity index (χ1n) is 21.2. The molecule has 0 aliphatic heterocycles. The zero-order valence-corrected chi connectivity index (χ0v) is 34.7. The van der Waals surface area contributed by atoms with Gasteiger partial charge in [0.15, 0.2) is 17.5 Å². The van der Waals surface area contributed by atoms with E-state index < -0.39 is 0 Å². The summed E-state index contributed by atoms with van der Waals surface area (Å²) in [5.74, 6) is 1.97. The van der Waals surface area contributed by atoms with E-state index in [0.717, 1.165) is 44.6 Å². The van der Waals surface area contributed by atoms with Gasteiger partial charge in [-0.25, -0.2) is 15.0 Å². The molecule has 0 aliphatic carbocycles. The first-order valence-corrected chi connectivity index (χ1v) is 22.0. The molecule has 0 spiro atoms. The first kappa shape index (κ1) is 35.6. The smallest absolute Gasteiger partial charge is 0.164 e. The zero-order chi connectivity index (χ0) is 41.4. The lowest BCUT2D eigenvalue weighted by molar-refractivity contribution is 1.08. The highest BCUT2D eigenvalue weighted by atomic mass is 32.1. The minimum Gasteiger partial charge on any atom is -0.309 e. The molecule has 9 aromatic carbocycles. The van der Waals surface area contributed by atoms with Crippen molar-refractivity contribution in [2.24, 2.45) is 0 Å². The summed E-state index contributed by atoms with van der Waals surface area (Å²) >= 11 is 1.81. The molecule has 0 amide bonds. The fourth-order valence-corrected chi connectivity index (χ4v) is 10.7. The Morgan fingerprint density at radius 3 is 1.57 bits per heavy atom. The molecule has 0 aliphatic rings. The van der Waals surface area contributed by atoms with Crippen LogP contribution >= 0.6 is 11.3 Å². The molecule has 5 nitrogen and oxygen atoms in total. The fourth-order valence-electron chi connectivity index (χ4n) is 9.56. The number of hydrogen-bond donors (Lipinski definition) is 0. The minimum absolute atomic E-state index is 0.654. The van der Waals surface area contributed by atoms with Crippen molar-refractivity contribution in [3.05, 3.63) is 212 Å². The van der Waals surface area contributed by atoms with Crippen LogP contribution in [-0.4, -0.2) is 24.1 Å². The van der Waals surface area contributed by atoms with Crippen molar-refractivity contribution in [1.29, 1.82) is 0 Å².